The summed E-state index contributed by atoms with van der Waals surface area (Å²) in [5.41, 5.74) is 10.5. The SMILES string of the molecule is CCCCCCCC/C=C/CCCCCCCCCCCCCC(=O)NC(CCCN=C(N)N)C(=O)O. The molecule has 0 aliphatic carbocycles. The molecule has 0 aliphatic rings. The van der Waals surface area contributed by atoms with Crippen LogP contribution >= 0.6 is 0 Å². The molecule has 0 fully saturated rings. The Morgan fingerprint density at radius 3 is 1.65 bits per heavy atom. The summed E-state index contributed by atoms with van der Waals surface area (Å²) in [4.78, 5) is 27.2. The third kappa shape index (κ3) is 26.8. The fraction of sp³-hybridized carbons (Fsp3) is 0.833. The summed E-state index contributed by atoms with van der Waals surface area (Å²) in [5, 5.41) is 11.9. The van der Waals surface area contributed by atoms with Gasteiger partial charge in [0, 0.05) is 13.0 Å². The number of aliphatic carboxylic acids is 1. The molecule has 37 heavy (non-hydrogen) atoms. The number of allylic oxidation sites excluding steroid dienone is 2. The van der Waals surface area contributed by atoms with Crippen LogP contribution in [0.3, 0.4) is 0 Å². The van der Waals surface area contributed by atoms with Crippen molar-refractivity contribution in [3.8, 4) is 0 Å². The van der Waals surface area contributed by atoms with Crippen LogP contribution < -0.4 is 16.8 Å². The van der Waals surface area contributed by atoms with Crippen molar-refractivity contribution in [3.63, 3.8) is 0 Å². The fourth-order valence-corrected chi connectivity index (χ4v) is 4.44. The number of guanidine groups is 1. The quantitative estimate of drug-likeness (QED) is 0.0400. The summed E-state index contributed by atoms with van der Waals surface area (Å²) < 4.78 is 0. The molecule has 1 amide bonds. The Hall–Kier alpha value is -2.05. The van der Waals surface area contributed by atoms with Gasteiger partial charge in [0.1, 0.15) is 6.04 Å². The van der Waals surface area contributed by atoms with E-state index < -0.39 is 12.0 Å². The van der Waals surface area contributed by atoms with E-state index in [0.717, 1.165) is 19.3 Å². The molecule has 7 nitrogen and oxygen atoms in total. The summed E-state index contributed by atoms with van der Waals surface area (Å²) in [7, 11) is 0. The van der Waals surface area contributed by atoms with Gasteiger partial charge in [-0.3, -0.25) is 9.79 Å². The first kappa shape index (κ1) is 35.0. The van der Waals surface area contributed by atoms with Crippen LogP contribution in [0.1, 0.15) is 148 Å². The molecule has 0 bridgehead atoms. The fourth-order valence-electron chi connectivity index (χ4n) is 4.44. The van der Waals surface area contributed by atoms with E-state index in [1.807, 2.05) is 0 Å². The Labute approximate surface area is 227 Å². The first-order chi connectivity index (χ1) is 18.0. The molecule has 1 unspecified atom stereocenters. The lowest BCUT2D eigenvalue weighted by atomic mass is 10.0. The molecule has 0 spiro atoms. The number of rotatable bonds is 27. The minimum absolute atomic E-state index is 0.0106. The van der Waals surface area contributed by atoms with E-state index in [0.29, 0.717) is 25.8 Å². The maximum Gasteiger partial charge on any atom is 0.326 e. The van der Waals surface area contributed by atoms with Crippen molar-refractivity contribution in [2.45, 2.75) is 154 Å². The lowest BCUT2D eigenvalue weighted by Gasteiger charge is -2.14. The molecule has 0 aromatic carbocycles. The van der Waals surface area contributed by atoms with Crippen LogP contribution in [-0.2, 0) is 9.59 Å². The Kier molecular flexibility index (Phi) is 25.5. The Morgan fingerprint density at radius 1 is 0.730 bits per heavy atom. The molecule has 1 atom stereocenters. The minimum Gasteiger partial charge on any atom is -0.480 e. The lowest BCUT2D eigenvalue weighted by Crippen LogP contribution is -2.40. The number of nitrogens with two attached hydrogens (primary N) is 2. The van der Waals surface area contributed by atoms with Gasteiger partial charge >= 0.3 is 5.97 Å². The van der Waals surface area contributed by atoms with Gasteiger partial charge in [-0.15, -0.1) is 0 Å². The molecule has 0 rings (SSSR count). The summed E-state index contributed by atoms with van der Waals surface area (Å²) in [6, 6.07) is -0.881. The predicted molar refractivity (Wildman–Crippen MR) is 157 cm³/mol. The monoisotopic (exact) mass is 522 g/mol. The number of carboxylic acid groups (broad SMARTS) is 1. The van der Waals surface area contributed by atoms with Crippen molar-refractivity contribution < 1.29 is 14.7 Å². The van der Waals surface area contributed by atoms with Crippen molar-refractivity contribution in [1.29, 1.82) is 0 Å². The third-order valence-electron chi connectivity index (χ3n) is 6.74. The van der Waals surface area contributed by atoms with Gasteiger partial charge in [0.25, 0.3) is 0 Å². The van der Waals surface area contributed by atoms with Crippen LogP contribution in [0.5, 0.6) is 0 Å². The maximum atomic E-state index is 12.1. The van der Waals surface area contributed by atoms with Crippen molar-refractivity contribution in [2.75, 3.05) is 6.54 Å². The highest BCUT2D eigenvalue weighted by Gasteiger charge is 2.18. The number of amides is 1. The van der Waals surface area contributed by atoms with Crippen LogP contribution in [0.2, 0.25) is 0 Å². The average Bonchev–Trinajstić information content (AvgIpc) is 2.86. The van der Waals surface area contributed by atoms with Crippen molar-refractivity contribution in [1.82, 2.24) is 5.32 Å². The number of carboxylic acids is 1. The zero-order valence-electron chi connectivity index (χ0n) is 23.9. The third-order valence-corrected chi connectivity index (χ3v) is 6.74. The van der Waals surface area contributed by atoms with Crippen LogP contribution in [0, 0.1) is 0 Å². The molecule has 7 heteroatoms. The molecule has 6 N–H and O–H groups in total. The maximum absolute atomic E-state index is 12.1. The molecule has 0 heterocycles. The van der Waals surface area contributed by atoms with Gasteiger partial charge in [0.05, 0.1) is 0 Å². The number of unbranched alkanes of at least 4 members (excludes halogenated alkanes) is 17. The molecular formula is C30H58N4O3. The van der Waals surface area contributed by atoms with Crippen LogP contribution in [-0.4, -0.2) is 35.5 Å². The van der Waals surface area contributed by atoms with Gasteiger partial charge in [-0.05, 0) is 44.9 Å². The van der Waals surface area contributed by atoms with E-state index >= 15 is 0 Å². The number of carbonyl (C=O) groups is 2. The molecule has 0 saturated heterocycles. The van der Waals surface area contributed by atoms with Crippen molar-refractivity contribution in [2.24, 2.45) is 16.5 Å². The lowest BCUT2D eigenvalue weighted by molar-refractivity contribution is -0.142. The molecule has 0 aromatic heterocycles. The second-order valence-corrected chi connectivity index (χ2v) is 10.4. The highest BCUT2D eigenvalue weighted by molar-refractivity contribution is 5.83. The minimum atomic E-state index is -1.02. The number of carbonyl (C=O) groups excluding carboxylic acids is 1. The Morgan fingerprint density at radius 2 is 1.19 bits per heavy atom. The summed E-state index contributed by atoms with van der Waals surface area (Å²) in [5.74, 6) is -1.22. The molecule has 216 valence electrons. The van der Waals surface area contributed by atoms with Gasteiger partial charge in [-0.25, -0.2) is 4.79 Å². The van der Waals surface area contributed by atoms with E-state index in [2.05, 4.69) is 29.4 Å². The predicted octanol–water partition coefficient (Wildman–Crippen LogP) is 6.99. The van der Waals surface area contributed by atoms with Gasteiger partial charge in [-0.1, -0.05) is 109 Å². The van der Waals surface area contributed by atoms with Crippen LogP contribution in [0.4, 0.5) is 0 Å². The van der Waals surface area contributed by atoms with Gasteiger partial charge in [0.2, 0.25) is 5.91 Å². The summed E-state index contributed by atoms with van der Waals surface area (Å²) in [6.07, 6.45) is 30.2. The summed E-state index contributed by atoms with van der Waals surface area (Å²) in [6.45, 7) is 2.63. The smallest absolute Gasteiger partial charge is 0.326 e. The Bertz CT molecular complexity index is 604. The number of nitrogens with one attached hydrogen (secondary N) is 1. The average molecular weight is 523 g/mol. The first-order valence-electron chi connectivity index (χ1n) is 15.2. The van der Waals surface area contributed by atoms with Crippen molar-refractivity contribution >= 4 is 17.8 Å². The van der Waals surface area contributed by atoms with Crippen LogP contribution in [0.15, 0.2) is 17.1 Å². The topological polar surface area (TPSA) is 131 Å². The first-order valence-corrected chi connectivity index (χ1v) is 15.2. The van der Waals surface area contributed by atoms with Gasteiger partial charge in [-0.2, -0.15) is 0 Å². The largest absolute Gasteiger partial charge is 0.480 e. The number of hydrogen-bond acceptors (Lipinski definition) is 3. The highest BCUT2D eigenvalue weighted by Crippen LogP contribution is 2.13. The van der Waals surface area contributed by atoms with E-state index in [9.17, 15) is 14.7 Å². The van der Waals surface area contributed by atoms with Crippen LogP contribution in [0.25, 0.3) is 0 Å². The van der Waals surface area contributed by atoms with E-state index in [-0.39, 0.29) is 11.9 Å². The molecule has 0 saturated carbocycles. The zero-order valence-corrected chi connectivity index (χ0v) is 23.9. The number of nitrogens with zero attached hydrogens (tertiary/aromatic N) is 1. The summed E-state index contributed by atoms with van der Waals surface area (Å²) >= 11 is 0. The van der Waals surface area contributed by atoms with E-state index in [1.54, 1.807) is 0 Å². The van der Waals surface area contributed by atoms with E-state index in [1.165, 1.54) is 103 Å². The normalized spacial score (nSPS) is 12.0. The molecule has 0 aromatic rings. The number of hydrogen-bond donors (Lipinski definition) is 4. The second kappa shape index (κ2) is 27.0. The molecule has 0 radical (unpaired) electrons. The number of aliphatic imine (C=N–C) groups is 1. The second-order valence-electron chi connectivity index (χ2n) is 10.4. The highest BCUT2D eigenvalue weighted by atomic mass is 16.4. The Balaban J connectivity index is 3.45. The van der Waals surface area contributed by atoms with Gasteiger partial charge in [0.15, 0.2) is 5.96 Å². The van der Waals surface area contributed by atoms with Crippen molar-refractivity contribution in [3.05, 3.63) is 12.2 Å². The molecule has 0 aliphatic heterocycles. The standard InChI is InChI=1S/C30H58N4O3/c1-2-3-4-5-6-7-8-9-10-11-12-13-14-15-16-17-18-19-20-21-22-25-28(35)34-27(29(36)37)24-23-26-33-30(31)32/h9-10,27H,2-8,11-26H2,1H3,(H,34,35)(H,36,37)(H4,31,32,33)/b10-9+. The van der Waals surface area contributed by atoms with Gasteiger partial charge < -0.3 is 21.9 Å². The molecular weight excluding hydrogens is 464 g/mol. The zero-order chi connectivity index (χ0) is 27.4. The van der Waals surface area contributed by atoms with E-state index in [4.69, 9.17) is 11.5 Å².